The fraction of sp³-hybridized carbons (Fsp3) is 0.0870. The lowest BCUT2D eigenvalue weighted by Crippen LogP contribution is -2.45. The van der Waals surface area contributed by atoms with Crippen LogP contribution in [0.4, 0.5) is 20.8 Å². The molecule has 1 aliphatic heterocycles. The van der Waals surface area contributed by atoms with Crippen LogP contribution < -0.4 is 9.80 Å². The van der Waals surface area contributed by atoms with Gasteiger partial charge in [0.25, 0.3) is 5.91 Å². The van der Waals surface area contributed by atoms with Gasteiger partial charge < -0.3 is 15.2 Å². The molecule has 0 fully saturated rings. The molecule has 2 heterocycles. The zero-order valence-electron chi connectivity index (χ0n) is 16.8. The Labute approximate surface area is 181 Å². The van der Waals surface area contributed by atoms with Gasteiger partial charge in [0.05, 0.1) is 16.7 Å². The third-order valence-corrected chi connectivity index (χ3v) is 5.60. The Hall–Kier alpha value is -4.24. The maximum atomic E-state index is 14.0. The van der Waals surface area contributed by atoms with E-state index in [0.717, 1.165) is 9.80 Å². The van der Waals surface area contributed by atoms with Gasteiger partial charge >= 0.3 is 6.09 Å². The van der Waals surface area contributed by atoms with E-state index in [0.29, 0.717) is 27.7 Å². The zero-order valence-corrected chi connectivity index (χ0v) is 16.8. The Kier molecular flexibility index (Phi) is 4.24. The quantitative estimate of drug-likeness (QED) is 0.458. The minimum atomic E-state index is -1.92. The van der Waals surface area contributed by atoms with Gasteiger partial charge in [-0.05, 0) is 36.4 Å². The Balaban J connectivity index is 1.72. The monoisotopic (exact) mass is 432 g/mol. The number of halogens is 1. The predicted molar refractivity (Wildman–Crippen MR) is 115 cm³/mol. The van der Waals surface area contributed by atoms with Gasteiger partial charge in [0.15, 0.2) is 5.72 Å². The van der Waals surface area contributed by atoms with Crippen molar-refractivity contribution in [3.05, 3.63) is 89.2 Å². The van der Waals surface area contributed by atoms with Gasteiger partial charge in [-0.15, -0.1) is 0 Å². The first kappa shape index (κ1) is 19.7. The van der Waals surface area contributed by atoms with E-state index in [9.17, 15) is 24.2 Å². The SMILES string of the molecule is CN(C(=O)O)c1nc2ccc(C3(O)c4ccccc4C(=O)N3c3cccc(F)c3)cc2[nH]1. The van der Waals surface area contributed by atoms with Crippen molar-refractivity contribution in [1.82, 2.24) is 9.97 Å². The van der Waals surface area contributed by atoms with Gasteiger partial charge in [-0.1, -0.05) is 30.3 Å². The lowest BCUT2D eigenvalue weighted by molar-refractivity contribution is 0.0704. The summed E-state index contributed by atoms with van der Waals surface area (Å²) in [6.07, 6.45) is -1.18. The number of imidazole rings is 1. The first-order valence-electron chi connectivity index (χ1n) is 9.69. The number of carboxylic acid groups (broad SMARTS) is 1. The largest absolute Gasteiger partial charge is 0.465 e. The van der Waals surface area contributed by atoms with Gasteiger partial charge in [-0.2, -0.15) is 0 Å². The molecule has 1 unspecified atom stereocenters. The summed E-state index contributed by atoms with van der Waals surface area (Å²) in [6.45, 7) is 0. The first-order valence-corrected chi connectivity index (χ1v) is 9.69. The number of carbonyl (C=O) groups excluding carboxylic acids is 1. The minimum absolute atomic E-state index is 0.113. The molecule has 0 bridgehead atoms. The molecule has 0 spiro atoms. The molecule has 160 valence electrons. The van der Waals surface area contributed by atoms with Crippen LogP contribution >= 0.6 is 0 Å². The fourth-order valence-electron chi connectivity index (χ4n) is 4.03. The van der Waals surface area contributed by atoms with E-state index < -0.39 is 23.5 Å². The maximum absolute atomic E-state index is 14.0. The van der Waals surface area contributed by atoms with Crippen LogP contribution in [0.5, 0.6) is 0 Å². The number of aromatic amines is 1. The topological polar surface area (TPSA) is 110 Å². The lowest BCUT2D eigenvalue weighted by atomic mass is 9.93. The Bertz CT molecular complexity index is 1400. The summed E-state index contributed by atoms with van der Waals surface area (Å²) in [7, 11) is 1.35. The van der Waals surface area contributed by atoms with Crippen molar-refractivity contribution < 1.29 is 24.2 Å². The van der Waals surface area contributed by atoms with Gasteiger partial charge in [-0.3, -0.25) is 14.6 Å². The standard InChI is InChI=1S/C23H17FN4O4/c1-27(22(30)31)21-25-18-10-9-13(11-19(18)26-21)23(32)17-8-3-2-7-16(17)20(29)28(23)15-6-4-5-14(24)12-15/h2-12,32H,1H3,(H,25,26)(H,30,31). The molecule has 4 aromatic rings. The number of nitrogens with one attached hydrogen (secondary N) is 1. The van der Waals surface area contributed by atoms with Crippen molar-refractivity contribution >= 4 is 34.7 Å². The molecule has 0 radical (unpaired) electrons. The molecule has 3 N–H and O–H groups in total. The summed E-state index contributed by atoms with van der Waals surface area (Å²) in [5, 5.41) is 21.2. The van der Waals surface area contributed by atoms with E-state index in [4.69, 9.17) is 0 Å². The van der Waals surface area contributed by atoms with E-state index in [2.05, 4.69) is 9.97 Å². The van der Waals surface area contributed by atoms with Crippen molar-refractivity contribution in [3.8, 4) is 0 Å². The second kappa shape index (κ2) is 6.89. The number of hydrogen-bond donors (Lipinski definition) is 3. The number of aromatic nitrogens is 2. The number of anilines is 2. The summed E-state index contributed by atoms with van der Waals surface area (Å²) in [4.78, 5) is 33.8. The van der Waals surface area contributed by atoms with Crippen LogP contribution in [0, 0.1) is 5.82 Å². The molecule has 1 aliphatic rings. The highest BCUT2D eigenvalue weighted by Gasteiger charge is 2.50. The van der Waals surface area contributed by atoms with Gasteiger partial charge in [0.1, 0.15) is 5.82 Å². The number of H-pyrrole nitrogens is 1. The van der Waals surface area contributed by atoms with Crippen LogP contribution in [0.2, 0.25) is 0 Å². The number of aliphatic hydroxyl groups is 1. The Morgan fingerprint density at radius 2 is 1.91 bits per heavy atom. The number of benzene rings is 3. The average molecular weight is 432 g/mol. The highest BCUT2D eigenvalue weighted by molar-refractivity contribution is 6.12. The highest BCUT2D eigenvalue weighted by Crippen LogP contribution is 2.45. The third-order valence-electron chi connectivity index (χ3n) is 5.60. The molecule has 0 aliphatic carbocycles. The summed E-state index contributed by atoms with van der Waals surface area (Å²) in [5.74, 6) is -0.898. The molecule has 9 heteroatoms. The summed E-state index contributed by atoms with van der Waals surface area (Å²) < 4.78 is 14.0. The number of carbonyl (C=O) groups is 2. The van der Waals surface area contributed by atoms with Crippen LogP contribution in [0.1, 0.15) is 21.5 Å². The minimum Gasteiger partial charge on any atom is -0.465 e. The van der Waals surface area contributed by atoms with E-state index in [1.54, 1.807) is 48.5 Å². The first-order chi connectivity index (χ1) is 15.3. The molecular formula is C23H17FN4O4. The predicted octanol–water partition coefficient (Wildman–Crippen LogP) is 3.67. The number of amides is 2. The maximum Gasteiger partial charge on any atom is 0.413 e. The lowest BCUT2D eigenvalue weighted by Gasteiger charge is -2.34. The summed E-state index contributed by atoms with van der Waals surface area (Å²) in [6, 6.07) is 16.9. The van der Waals surface area contributed by atoms with Crippen LogP contribution in [0.25, 0.3) is 11.0 Å². The number of fused-ring (bicyclic) bond motifs is 2. The second-order valence-electron chi connectivity index (χ2n) is 7.47. The van der Waals surface area contributed by atoms with E-state index >= 15 is 0 Å². The van der Waals surface area contributed by atoms with E-state index in [1.165, 1.54) is 25.2 Å². The highest BCUT2D eigenvalue weighted by atomic mass is 19.1. The van der Waals surface area contributed by atoms with Crippen molar-refractivity contribution in [2.45, 2.75) is 5.72 Å². The van der Waals surface area contributed by atoms with Gasteiger partial charge in [0.2, 0.25) is 5.95 Å². The Morgan fingerprint density at radius 1 is 1.12 bits per heavy atom. The molecule has 2 amide bonds. The summed E-state index contributed by atoms with van der Waals surface area (Å²) in [5.41, 5.74) is 0.224. The molecule has 1 aromatic heterocycles. The van der Waals surface area contributed by atoms with Crippen LogP contribution in [-0.2, 0) is 5.72 Å². The number of rotatable bonds is 3. The van der Waals surface area contributed by atoms with Gasteiger partial charge in [-0.25, -0.2) is 14.2 Å². The molecule has 32 heavy (non-hydrogen) atoms. The van der Waals surface area contributed by atoms with Crippen molar-refractivity contribution in [3.63, 3.8) is 0 Å². The normalized spacial score (nSPS) is 17.6. The average Bonchev–Trinajstić information content (AvgIpc) is 3.30. The number of nitrogens with zero attached hydrogens (tertiary/aromatic N) is 3. The summed E-state index contributed by atoms with van der Waals surface area (Å²) >= 11 is 0. The van der Waals surface area contributed by atoms with Crippen LogP contribution in [0.3, 0.4) is 0 Å². The van der Waals surface area contributed by atoms with Crippen molar-refractivity contribution in [1.29, 1.82) is 0 Å². The van der Waals surface area contributed by atoms with E-state index in [-0.39, 0.29) is 11.6 Å². The molecule has 8 nitrogen and oxygen atoms in total. The molecule has 1 atom stereocenters. The fourth-order valence-corrected chi connectivity index (χ4v) is 4.03. The molecular weight excluding hydrogens is 415 g/mol. The Morgan fingerprint density at radius 3 is 2.66 bits per heavy atom. The van der Waals surface area contributed by atoms with Crippen molar-refractivity contribution in [2.24, 2.45) is 0 Å². The van der Waals surface area contributed by atoms with Crippen LogP contribution in [-0.4, -0.2) is 39.2 Å². The molecule has 5 rings (SSSR count). The third kappa shape index (κ3) is 2.75. The molecule has 0 saturated heterocycles. The van der Waals surface area contributed by atoms with Gasteiger partial charge in [0, 0.05) is 23.7 Å². The van der Waals surface area contributed by atoms with Crippen molar-refractivity contribution in [2.75, 3.05) is 16.8 Å². The molecule has 3 aromatic carbocycles. The van der Waals surface area contributed by atoms with Crippen LogP contribution in [0.15, 0.2) is 66.7 Å². The smallest absolute Gasteiger partial charge is 0.413 e. The number of hydrogen-bond acceptors (Lipinski definition) is 4. The zero-order chi connectivity index (χ0) is 22.6. The second-order valence-corrected chi connectivity index (χ2v) is 7.47. The molecule has 0 saturated carbocycles. The van der Waals surface area contributed by atoms with E-state index in [1.807, 2.05) is 0 Å².